The van der Waals surface area contributed by atoms with Crippen molar-refractivity contribution in [1.29, 1.82) is 0 Å². The molecule has 2 N–H and O–H groups in total. The van der Waals surface area contributed by atoms with E-state index in [2.05, 4.69) is 25.6 Å². The van der Waals surface area contributed by atoms with Gasteiger partial charge in [0.2, 0.25) is 0 Å². The van der Waals surface area contributed by atoms with Crippen LogP contribution in [0.3, 0.4) is 0 Å². The highest BCUT2D eigenvalue weighted by Crippen LogP contribution is 2.30. The van der Waals surface area contributed by atoms with Crippen LogP contribution in [0.4, 0.5) is 13.2 Å². The van der Waals surface area contributed by atoms with Crippen molar-refractivity contribution < 1.29 is 17.9 Å². The number of halogens is 3. The first kappa shape index (κ1) is 20.0. The smallest absolute Gasteiger partial charge is 0.434 e. The third kappa shape index (κ3) is 4.84. The lowest BCUT2D eigenvalue weighted by molar-refractivity contribution is -0.140. The summed E-state index contributed by atoms with van der Waals surface area (Å²) in [6.45, 7) is 4.37. The average Bonchev–Trinajstić information content (AvgIpc) is 3.06. The first-order chi connectivity index (χ1) is 12.3. The second-order valence-corrected chi connectivity index (χ2v) is 6.39. The van der Waals surface area contributed by atoms with E-state index in [1.807, 2.05) is 13.8 Å². The molecule has 2 aromatic rings. The summed E-state index contributed by atoms with van der Waals surface area (Å²) in [6.07, 6.45) is -2.70. The summed E-state index contributed by atoms with van der Waals surface area (Å²) in [7, 11) is 3.19. The molecule has 0 amide bonds. The molecule has 0 spiro atoms. The molecular formula is C16H20F3N5OS. The van der Waals surface area contributed by atoms with Gasteiger partial charge in [-0.1, -0.05) is 0 Å². The molecule has 0 saturated carbocycles. The highest BCUT2D eigenvalue weighted by molar-refractivity contribution is 7.09. The zero-order valence-electron chi connectivity index (χ0n) is 14.9. The summed E-state index contributed by atoms with van der Waals surface area (Å²) in [6, 6.07) is 0. The Morgan fingerprint density at radius 1 is 1.27 bits per heavy atom. The van der Waals surface area contributed by atoms with E-state index in [1.54, 1.807) is 20.4 Å². The molecule has 0 bridgehead atoms. The number of alkyl halides is 3. The second-order valence-electron chi connectivity index (χ2n) is 5.45. The van der Waals surface area contributed by atoms with E-state index in [0.717, 1.165) is 39.3 Å². The molecule has 2 rings (SSSR count). The van der Waals surface area contributed by atoms with Gasteiger partial charge in [-0.3, -0.25) is 9.98 Å². The Labute approximate surface area is 153 Å². The third-order valence-electron chi connectivity index (χ3n) is 3.65. The van der Waals surface area contributed by atoms with Gasteiger partial charge in [-0.2, -0.15) is 13.2 Å². The average molecular weight is 387 g/mol. The number of pyridine rings is 1. The molecule has 6 nitrogen and oxygen atoms in total. The number of guanidine groups is 1. The van der Waals surface area contributed by atoms with Crippen LogP contribution in [0.15, 0.2) is 16.6 Å². The number of nitrogens with zero attached hydrogens (tertiary/aromatic N) is 3. The van der Waals surface area contributed by atoms with Crippen LogP contribution in [-0.4, -0.2) is 30.1 Å². The van der Waals surface area contributed by atoms with Crippen molar-refractivity contribution in [1.82, 2.24) is 20.6 Å². The predicted octanol–water partition coefficient (Wildman–Crippen LogP) is 3.05. The summed E-state index contributed by atoms with van der Waals surface area (Å²) in [5.41, 5.74) is 1.78. The number of hydrogen-bond acceptors (Lipinski definition) is 5. The van der Waals surface area contributed by atoms with Gasteiger partial charge in [0.1, 0.15) is 10.8 Å². The Bertz CT molecular complexity index is 789. The molecule has 0 aliphatic carbocycles. The fourth-order valence-electron chi connectivity index (χ4n) is 2.32. The van der Waals surface area contributed by atoms with Crippen LogP contribution < -0.4 is 15.4 Å². The minimum Gasteiger partial charge on any atom is -0.496 e. The molecule has 0 aromatic carbocycles. The Kier molecular flexibility index (Phi) is 6.41. The van der Waals surface area contributed by atoms with E-state index in [0.29, 0.717) is 17.5 Å². The van der Waals surface area contributed by atoms with Gasteiger partial charge < -0.3 is 15.4 Å². The minimum absolute atomic E-state index is 0.143. The minimum atomic E-state index is -4.43. The van der Waals surface area contributed by atoms with Crippen LogP contribution in [0.1, 0.15) is 27.5 Å². The molecule has 26 heavy (non-hydrogen) atoms. The summed E-state index contributed by atoms with van der Waals surface area (Å²) >= 11 is 0.947. The lowest BCUT2D eigenvalue weighted by atomic mass is 10.1. The quantitative estimate of drug-likeness (QED) is 0.610. The van der Waals surface area contributed by atoms with Crippen molar-refractivity contribution in [3.8, 4) is 5.75 Å². The SMILES string of the molecule is CN=C(NCc1nc(C(F)(F)F)cs1)NCc1ncc(C)c(OC)c1C. The maximum absolute atomic E-state index is 12.6. The maximum atomic E-state index is 12.6. The van der Waals surface area contributed by atoms with Crippen LogP contribution in [0.2, 0.25) is 0 Å². The van der Waals surface area contributed by atoms with E-state index >= 15 is 0 Å². The largest absolute Gasteiger partial charge is 0.496 e. The number of aromatic nitrogens is 2. The number of methoxy groups -OCH3 is 1. The zero-order chi connectivity index (χ0) is 19.3. The molecule has 0 radical (unpaired) electrons. The van der Waals surface area contributed by atoms with Crippen molar-refractivity contribution in [2.75, 3.05) is 14.2 Å². The standard InChI is InChI=1S/C16H20F3N5OS/c1-9-5-21-11(10(2)14(9)25-4)6-22-15(20-3)23-7-13-24-12(8-26-13)16(17,18)19/h5,8H,6-7H2,1-4H3,(H2,20,22,23). The van der Waals surface area contributed by atoms with Crippen molar-refractivity contribution in [2.24, 2.45) is 4.99 Å². The third-order valence-corrected chi connectivity index (χ3v) is 4.49. The van der Waals surface area contributed by atoms with Crippen LogP contribution in [0.5, 0.6) is 5.75 Å². The first-order valence-corrected chi connectivity index (χ1v) is 8.59. The number of thiazole rings is 1. The Morgan fingerprint density at radius 2 is 1.96 bits per heavy atom. The van der Waals surface area contributed by atoms with Crippen molar-refractivity contribution in [3.63, 3.8) is 0 Å². The van der Waals surface area contributed by atoms with E-state index in [4.69, 9.17) is 4.74 Å². The summed E-state index contributed by atoms with van der Waals surface area (Å²) < 4.78 is 43.1. The molecule has 0 atom stereocenters. The number of aryl methyl sites for hydroxylation is 1. The lowest BCUT2D eigenvalue weighted by Crippen LogP contribution is -2.36. The van der Waals surface area contributed by atoms with Gasteiger partial charge in [-0.15, -0.1) is 11.3 Å². The van der Waals surface area contributed by atoms with E-state index in [9.17, 15) is 13.2 Å². The highest BCUT2D eigenvalue weighted by atomic mass is 32.1. The van der Waals surface area contributed by atoms with Gasteiger partial charge in [-0.05, 0) is 13.8 Å². The molecule has 0 fully saturated rings. The van der Waals surface area contributed by atoms with Crippen molar-refractivity contribution >= 4 is 17.3 Å². The van der Waals surface area contributed by atoms with Gasteiger partial charge in [0.15, 0.2) is 11.7 Å². The zero-order valence-corrected chi connectivity index (χ0v) is 15.7. The number of nitrogens with one attached hydrogen (secondary N) is 2. The van der Waals surface area contributed by atoms with Crippen LogP contribution in [0.25, 0.3) is 0 Å². The van der Waals surface area contributed by atoms with Crippen LogP contribution in [0, 0.1) is 13.8 Å². The Hall–Kier alpha value is -2.36. The van der Waals surface area contributed by atoms with E-state index in [1.165, 1.54) is 0 Å². The molecule has 0 aliphatic heterocycles. The van der Waals surface area contributed by atoms with Gasteiger partial charge in [-0.25, -0.2) is 4.98 Å². The van der Waals surface area contributed by atoms with Crippen LogP contribution in [-0.2, 0) is 19.3 Å². The first-order valence-electron chi connectivity index (χ1n) is 7.71. The van der Waals surface area contributed by atoms with Gasteiger partial charge >= 0.3 is 6.18 Å². The fourth-order valence-corrected chi connectivity index (χ4v) is 3.06. The van der Waals surface area contributed by atoms with Gasteiger partial charge in [0.25, 0.3) is 0 Å². The molecule has 2 heterocycles. The Morgan fingerprint density at radius 3 is 2.54 bits per heavy atom. The topological polar surface area (TPSA) is 71.4 Å². The van der Waals surface area contributed by atoms with Gasteiger partial charge in [0, 0.05) is 29.8 Å². The normalized spacial score (nSPS) is 12.2. The van der Waals surface area contributed by atoms with Gasteiger partial charge in [0.05, 0.1) is 25.9 Å². The monoisotopic (exact) mass is 387 g/mol. The highest BCUT2D eigenvalue weighted by Gasteiger charge is 2.33. The number of ether oxygens (including phenoxy) is 1. The number of aliphatic imine (C=N–C) groups is 1. The molecule has 10 heteroatoms. The molecule has 2 aromatic heterocycles. The molecule has 142 valence electrons. The van der Waals surface area contributed by atoms with Crippen molar-refractivity contribution in [2.45, 2.75) is 33.1 Å². The second kappa shape index (κ2) is 8.35. The Balaban J connectivity index is 1.96. The predicted molar refractivity (Wildman–Crippen MR) is 94.4 cm³/mol. The number of rotatable bonds is 5. The van der Waals surface area contributed by atoms with E-state index < -0.39 is 11.9 Å². The summed E-state index contributed by atoms with van der Waals surface area (Å²) in [4.78, 5) is 12.0. The van der Waals surface area contributed by atoms with Crippen molar-refractivity contribution in [3.05, 3.63) is 39.1 Å². The fraction of sp³-hybridized carbons (Fsp3) is 0.438. The molecule has 0 unspecified atom stereocenters. The number of hydrogen-bond donors (Lipinski definition) is 2. The molecule has 0 saturated heterocycles. The van der Waals surface area contributed by atoms with E-state index in [-0.39, 0.29) is 6.54 Å². The maximum Gasteiger partial charge on any atom is 0.434 e. The lowest BCUT2D eigenvalue weighted by Gasteiger charge is -2.14. The van der Waals surface area contributed by atoms with Crippen LogP contribution >= 0.6 is 11.3 Å². The summed E-state index contributed by atoms with van der Waals surface area (Å²) in [5, 5.41) is 7.35. The molecular weight excluding hydrogens is 367 g/mol. The summed E-state index contributed by atoms with van der Waals surface area (Å²) in [5.74, 6) is 1.22. The molecule has 0 aliphatic rings.